The lowest BCUT2D eigenvalue weighted by Gasteiger charge is -2.14. The van der Waals surface area contributed by atoms with Crippen molar-refractivity contribution in [3.05, 3.63) is 33.8 Å². The average Bonchev–Trinajstić information content (AvgIpc) is 2.94. The van der Waals surface area contributed by atoms with E-state index in [4.69, 9.17) is 11.6 Å². The Bertz CT molecular complexity index is 480. The Labute approximate surface area is 109 Å². The monoisotopic (exact) mass is 275 g/mol. The summed E-state index contributed by atoms with van der Waals surface area (Å²) in [5.74, 6) is 0.684. The molecule has 0 spiro atoms. The van der Waals surface area contributed by atoms with Crippen LogP contribution in [0.15, 0.2) is 12.1 Å². The minimum Gasteiger partial charge on any atom is -0.295 e. The molecule has 1 aromatic carbocycles. The third kappa shape index (κ3) is 2.36. The van der Waals surface area contributed by atoms with Crippen LogP contribution in [-0.2, 0) is 19.3 Å². The van der Waals surface area contributed by atoms with Crippen molar-refractivity contribution >= 4 is 11.6 Å². The van der Waals surface area contributed by atoms with Crippen LogP contribution in [0.3, 0.4) is 0 Å². The topological polar surface area (TPSA) is 3.24 Å². The van der Waals surface area contributed by atoms with Crippen molar-refractivity contribution in [1.82, 2.24) is 4.90 Å². The molecule has 1 heterocycles. The highest BCUT2D eigenvalue weighted by atomic mass is 35.5. The van der Waals surface area contributed by atoms with Crippen LogP contribution < -0.4 is 0 Å². The SMILES string of the molecule is FC(F)(F)c1cc(Cl)cc2c1CN(CC1CC1)C2. The molecule has 1 aliphatic carbocycles. The second-order valence-corrected chi connectivity index (χ2v) is 5.64. The first-order valence-corrected chi connectivity index (χ1v) is 6.42. The standard InChI is InChI=1S/C13H13ClF3N/c14-10-3-9-6-18(5-8-1-2-8)7-11(9)12(4-10)13(15,16)17/h3-4,8H,1-2,5-7H2. The van der Waals surface area contributed by atoms with E-state index in [2.05, 4.69) is 4.90 Å². The maximum Gasteiger partial charge on any atom is 0.416 e. The summed E-state index contributed by atoms with van der Waals surface area (Å²) in [7, 11) is 0. The molecular weight excluding hydrogens is 263 g/mol. The van der Waals surface area contributed by atoms with Crippen molar-refractivity contribution in [1.29, 1.82) is 0 Å². The number of hydrogen-bond acceptors (Lipinski definition) is 1. The Kier molecular flexibility index (Phi) is 2.83. The normalized spacial score (nSPS) is 20.2. The fourth-order valence-electron chi connectivity index (χ4n) is 2.59. The van der Waals surface area contributed by atoms with Crippen LogP contribution in [0.5, 0.6) is 0 Å². The zero-order valence-electron chi connectivity index (χ0n) is 9.73. The number of benzene rings is 1. The molecule has 0 atom stereocenters. The minimum atomic E-state index is -4.31. The summed E-state index contributed by atoms with van der Waals surface area (Å²) in [6.45, 7) is 1.90. The van der Waals surface area contributed by atoms with Gasteiger partial charge >= 0.3 is 6.18 Å². The number of rotatable bonds is 2. The van der Waals surface area contributed by atoms with E-state index in [0.717, 1.165) is 18.2 Å². The molecule has 1 nitrogen and oxygen atoms in total. The van der Waals surface area contributed by atoms with Gasteiger partial charge in [-0.15, -0.1) is 0 Å². The molecule has 0 aromatic heterocycles. The molecule has 3 rings (SSSR count). The molecule has 1 fully saturated rings. The van der Waals surface area contributed by atoms with Crippen LogP contribution in [0.4, 0.5) is 13.2 Å². The van der Waals surface area contributed by atoms with E-state index in [1.165, 1.54) is 12.8 Å². The van der Waals surface area contributed by atoms with Crippen molar-refractivity contribution in [2.75, 3.05) is 6.54 Å². The lowest BCUT2D eigenvalue weighted by molar-refractivity contribution is -0.138. The molecule has 5 heteroatoms. The minimum absolute atomic E-state index is 0.175. The summed E-state index contributed by atoms with van der Waals surface area (Å²) >= 11 is 5.78. The first kappa shape index (κ1) is 12.3. The van der Waals surface area contributed by atoms with Gasteiger partial charge in [0.05, 0.1) is 5.56 Å². The summed E-state index contributed by atoms with van der Waals surface area (Å²) in [5.41, 5.74) is 0.575. The summed E-state index contributed by atoms with van der Waals surface area (Å²) in [4.78, 5) is 2.09. The molecule has 1 aliphatic heterocycles. The highest BCUT2D eigenvalue weighted by molar-refractivity contribution is 6.30. The van der Waals surface area contributed by atoms with Crippen molar-refractivity contribution in [3.8, 4) is 0 Å². The number of hydrogen-bond donors (Lipinski definition) is 0. The van der Waals surface area contributed by atoms with Gasteiger partial charge in [-0.05, 0) is 42.0 Å². The Morgan fingerprint density at radius 2 is 1.94 bits per heavy atom. The molecule has 0 N–H and O–H groups in total. The van der Waals surface area contributed by atoms with Crippen molar-refractivity contribution in [2.24, 2.45) is 5.92 Å². The Balaban J connectivity index is 1.91. The first-order valence-electron chi connectivity index (χ1n) is 6.04. The molecule has 0 bridgehead atoms. The first-order chi connectivity index (χ1) is 8.43. The van der Waals surface area contributed by atoms with Crippen molar-refractivity contribution in [2.45, 2.75) is 32.1 Å². The molecule has 1 saturated carbocycles. The van der Waals surface area contributed by atoms with Crippen LogP contribution >= 0.6 is 11.6 Å². The van der Waals surface area contributed by atoms with E-state index in [9.17, 15) is 13.2 Å². The van der Waals surface area contributed by atoms with Crippen molar-refractivity contribution in [3.63, 3.8) is 0 Å². The lowest BCUT2D eigenvalue weighted by Crippen LogP contribution is -2.19. The zero-order valence-corrected chi connectivity index (χ0v) is 10.5. The second kappa shape index (κ2) is 4.14. The van der Waals surface area contributed by atoms with Gasteiger partial charge in [-0.3, -0.25) is 4.90 Å². The molecule has 0 unspecified atom stereocenters. The Morgan fingerprint density at radius 1 is 1.22 bits per heavy atom. The zero-order chi connectivity index (χ0) is 12.9. The van der Waals surface area contributed by atoms with Gasteiger partial charge in [0.1, 0.15) is 0 Å². The Hall–Kier alpha value is -0.740. The van der Waals surface area contributed by atoms with Gasteiger partial charge < -0.3 is 0 Å². The summed E-state index contributed by atoms with van der Waals surface area (Å²) in [5, 5.41) is 0.175. The van der Waals surface area contributed by atoms with E-state index in [1.54, 1.807) is 6.07 Å². The van der Waals surface area contributed by atoms with Gasteiger partial charge in [-0.25, -0.2) is 0 Å². The predicted molar refractivity (Wildman–Crippen MR) is 63.3 cm³/mol. The summed E-state index contributed by atoms with van der Waals surface area (Å²) in [6.07, 6.45) is -1.90. The molecule has 1 aromatic rings. The van der Waals surface area contributed by atoms with E-state index >= 15 is 0 Å². The summed E-state index contributed by atoms with van der Waals surface area (Å²) < 4.78 is 38.8. The van der Waals surface area contributed by atoms with Crippen molar-refractivity contribution < 1.29 is 13.2 Å². The fourth-order valence-corrected chi connectivity index (χ4v) is 2.83. The molecule has 0 saturated heterocycles. The third-order valence-corrected chi connectivity index (χ3v) is 3.82. The maximum absolute atomic E-state index is 12.9. The molecule has 0 amide bonds. The summed E-state index contributed by atoms with van der Waals surface area (Å²) in [6, 6.07) is 2.71. The fraction of sp³-hybridized carbons (Fsp3) is 0.538. The maximum atomic E-state index is 12.9. The Morgan fingerprint density at radius 3 is 2.56 bits per heavy atom. The lowest BCUT2D eigenvalue weighted by atomic mass is 10.0. The third-order valence-electron chi connectivity index (χ3n) is 3.60. The average molecular weight is 276 g/mol. The van der Waals surface area contributed by atoms with Gasteiger partial charge in [-0.2, -0.15) is 13.2 Å². The molecule has 2 aliphatic rings. The van der Waals surface area contributed by atoms with Crippen LogP contribution in [0, 0.1) is 5.92 Å². The second-order valence-electron chi connectivity index (χ2n) is 5.20. The van der Waals surface area contributed by atoms with Gasteiger partial charge in [0.25, 0.3) is 0 Å². The van der Waals surface area contributed by atoms with Crippen LogP contribution in [0.2, 0.25) is 5.02 Å². The van der Waals surface area contributed by atoms with E-state index in [0.29, 0.717) is 24.6 Å². The van der Waals surface area contributed by atoms with Crippen LogP contribution in [-0.4, -0.2) is 11.4 Å². The van der Waals surface area contributed by atoms with E-state index in [1.807, 2.05) is 0 Å². The molecule has 18 heavy (non-hydrogen) atoms. The van der Waals surface area contributed by atoms with Gasteiger partial charge in [0, 0.05) is 24.7 Å². The van der Waals surface area contributed by atoms with Gasteiger partial charge in [0.2, 0.25) is 0 Å². The number of halogens is 4. The van der Waals surface area contributed by atoms with Gasteiger partial charge in [-0.1, -0.05) is 11.6 Å². The molecule has 98 valence electrons. The number of alkyl halides is 3. The molecule has 0 radical (unpaired) electrons. The van der Waals surface area contributed by atoms with E-state index in [-0.39, 0.29) is 5.02 Å². The van der Waals surface area contributed by atoms with Crippen LogP contribution in [0.25, 0.3) is 0 Å². The smallest absolute Gasteiger partial charge is 0.295 e. The van der Waals surface area contributed by atoms with E-state index < -0.39 is 11.7 Å². The van der Waals surface area contributed by atoms with Gasteiger partial charge in [0.15, 0.2) is 0 Å². The number of nitrogens with zero attached hydrogens (tertiary/aromatic N) is 1. The predicted octanol–water partition coefficient (Wildman–Crippen LogP) is 4.08. The largest absolute Gasteiger partial charge is 0.416 e. The quantitative estimate of drug-likeness (QED) is 0.786. The molecular formula is C13H13ClF3N. The number of fused-ring (bicyclic) bond motifs is 1. The highest BCUT2D eigenvalue weighted by Gasteiger charge is 2.38. The highest BCUT2D eigenvalue weighted by Crippen LogP contribution is 2.40. The van der Waals surface area contributed by atoms with Crippen LogP contribution in [0.1, 0.15) is 29.5 Å².